The van der Waals surface area contributed by atoms with Crippen molar-refractivity contribution in [2.75, 3.05) is 5.32 Å². The van der Waals surface area contributed by atoms with E-state index in [9.17, 15) is 4.79 Å². The van der Waals surface area contributed by atoms with Crippen LogP contribution in [0.3, 0.4) is 0 Å². The molecule has 1 atom stereocenters. The van der Waals surface area contributed by atoms with Crippen molar-refractivity contribution < 1.29 is 4.79 Å². The molecule has 3 aromatic rings. The molecule has 0 aliphatic carbocycles. The molecule has 2 aromatic heterocycles. The first-order chi connectivity index (χ1) is 13.4. The molecule has 144 valence electrons. The molecule has 0 saturated carbocycles. The summed E-state index contributed by atoms with van der Waals surface area (Å²) in [5.74, 6) is 0.648. The maximum atomic E-state index is 11.5. The number of hydrogen-bond donors (Lipinski definition) is 1. The van der Waals surface area contributed by atoms with Crippen LogP contribution >= 0.6 is 11.6 Å². The number of carbonyl (C=O) groups is 1. The van der Waals surface area contributed by atoms with Gasteiger partial charge in [0.05, 0.1) is 16.9 Å². The fourth-order valence-corrected chi connectivity index (χ4v) is 3.11. The van der Waals surface area contributed by atoms with Gasteiger partial charge in [-0.15, -0.1) is 0 Å². The van der Waals surface area contributed by atoms with Gasteiger partial charge in [-0.25, -0.2) is 9.97 Å². The predicted octanol–water partition coefficient (Wildman–Crippen LogP) is 3.93. The third-order valence-electron chi connectivity index (χ3n) is 4.40. The Hall–Kier alpha value is -2.99. The number of carbonyl (C=O) groups excluding carboxylic acids is 1. The number of halogens is 1. The third kappa shape index (κ3) is 5.04. The van der Waals surface area contributed by atoms with Gasteiger partial charge in [0.15, 0.2) is 0 Å². The summed E-state index contributed by atoms with van der Waals surface area (Å²) in [6, 6.07) is 7.75. The van der Waals surface area contributed by atoms with E-state index in [1.807, 2.05) is 43.7 Å². The van der Waals surface area contributed by atoms with Gasteiger partial charge in [-0.3, -0.25) is 9.48 Å². The highest BCUT2D eigenvalue weighted by Crippen LogP contribution is 2.25. The fourth-order valence-electron chi connectivity index (χ4n) is 2.94. The molecular weight excluding hydrogens is 374 g/mol. The molecule has 1 aromatic carbocycles. The molecule has 0 aliphatic rings. The molecule has 6 nitrogen and oxygen atoms in total. The van der Waals surface area contributed by atoms with Gasteiger partial charge in [0.25, 0.3) is 0 Å². The molecule has 3 rings (SSSR count). The zero-order chi connectivity index (χ0) is 20.1. The molecule has 28 heavy (non-hydrogen) atoms. The van der Waals surface area contributed by atoms with Crippen LogP contribution in [0, 0.1) is 0 Å². The van der Waals surface area contributed by atoms with E-state index in [1.54, 1.807) is 10.9 Å². The highest BCUT2D eigenvalue weighted by atomic mass is 35.5. The number of aromatic nitrogens is 4. The van der Waals surface area contributed by atoms with Gasteiger partial charge in [0.2, 0.25) is 5.91 Å². The van der Waals surface area contributed by atoms with Gasteiger partial charge in [-0.2, -0.15) is 5.10 Å². The molecule has 0 fully saturated rings. The quantitative estimate of drug-likeness (QED) is 0.615. The first-order valence-electron chi connectivity index (χ1n) is 8.95. The van der Waals surface area contributed by atoms with Crippen LogP contribution in [0.5, 0.6) is 0 Å². The zero-order valence-corrected chi connectivity index (χ0v) is 16.6. The van der Waals surface area contributed by atoms with E-state index in [1.165, 1.54) is 6.08 Å². The van der Waals surface area contributed by atoms with Crippen LogP contribution in [0.1, 0.15) is 35.5 Å². The van der Waals surface area contributed by atoms with Crippen molar-refractivity contribution in [3.05, 3.63) is 83.2 Å². The van der Waals surface area contributed by atoms with E-state index in [-0.39, 0.29) is 11.8 Å². The standard InChI is InChI=1S/C21H22ClN5O/c1-4-21(28)25-17-7-5-6-16(10-17)14(2)8-19-18(22)12-23-20(26-19)9-15-11-24-27(3)13-15/h4-7,10-14H,1,8-9H2,2-3H3,(H,25,28). The van der Waals surface area contributed by atoms with Crippen molar-refractivity contribution in [3.63, 3.8) is 0 Å². The topological polar surface area (TPSA) is 72.7 Å². The van der Waals surface area contributed by atoms with Crippen LogP contribution in [0.2, 0.25) is 5.02 Å². The molecule has 1 amide bonds. The molecule has 0 saturated heterocycles. The summed E-state index contributed by atoms with van der Waals surface area (Å²) in [4.78, 5) is 20.5. The van der Waals surface area contributed by atoms with E-state index in [0.717, 1.165) is 22.5 Å². The van der Waals surface area contributed by atoms with E-state index in [4.69, 9.17) is 11.6 Å². The maximum absolute atomic E-state index is 11.5. The minimum Gasteiger partial charge on any atom is -0.323 e. The van der Waals surface area contributed by atoms with Crippen molar-refractivity contribution >= 4 is 23.2 Å². The average Bonchev–Trinajstić information content (AvgIpc) is 3.09. The Morgan fingerprint density at radius 2 is 2.21 bits per heavy atom. The van der Waals surface area contributed by atoms with Crippen LogP contribution in [0.4, 0.5) is 5.69 Å². The van der Waals surface area contributed by atoms with Crippen LogP contribution in [0.25, 0.3) is 0 Å². The monoisotopic (exact) mass is 395 g/mol. The lowest BCUT2D eigenvalue weighted by molar-refractivity contribution is -0.111. The Labute approximate surface area is 169 Å². The number of benzene rings is 1. The normalized spacial score (nSPS) is 11.8. The fraction of sp³-hybridized carbons (Fsp3) is 0.238. The Balaban J connectivity index is 1.75. The molecule has 1 N–H and O–H groups in total. The molecule has 0 aliphatic heterocycles. The zero-order valence-electron chi connectivity index (χ0n) is 15.9. The maximum Gasteiger partial charge on any atom is 0.247 e. The minimum atomic E-state index is -0.233. The largest absolute Gasteiger partial charge is 0.323 e. The predicted molar refractivity (Wildman–Crippen MR) is 110 cm³/mol. The number of nitrogens with zero attached hydrogens (tertiary/aromatic N) is 4. The summed E-state index contributed by atoms with van der Waals surface area (Å²) in [7, 11) is 1.88. The second-order valence-electron chi connectivity index (χ2n) is 6.70. The van der Waals surface area contributed by atoms with E-state index < -0.39 is 0 Å². The number of aryl methyl sites for hydroxylation is 1. The second-order valence-corrected chi connectivity index (χ2v) is 7.11. The first-order valence-corrected chi connectivity index (χ1v) is 9.33. The van der Waals surface area contributed by atoms with Gasteiger partial charge in [0, 0.05) is 31.5 Å². The Morgan fingerprint density at radius 3 is 2.93 bits per heavy atom. The lowest BCUT2D eigenvalue weighted by Crippen LogP contribution is -2.09. The first kappa shape index (κ1) is 19.8. The Morgan fingerprint density at radius 1 is 1.39 bits per heavy atom. The van der Waals surface area contributed by atoms with Crippen LogP contribution in [-0.4, -0.2) is 25.7 Å². The third-order valence-corrected chi connectivity index (χ3v) is 4.71. The average molecular weight is 396 g/mol. The highest BCUT2D eigenvalue weighted by Gasteiger charge is 2.13. The minimum absolute atomic E-state index is 0.166. The molecule has 2 heterocycles. The summed E-state index contributed by atoms with van der Waals surface area (Å²) in [6.07, 6.45) is 7.94. The number of rotatable bonds is 7. The van der Waals surface area contributed by atoms with Crippen LogP contribution < -0.4 is 5.32 Å². The lowest BCUT2D eigenvalue weighted by atomic mass is 9.95. The molecule has 7 heteroatoms. The van der Waals surface area contributed by atoms with Crippen molar-refractivity contribution in [1.29, 1.82) is 0 Å². The second kappa shape index (κ2) is 8.80. The lowest BCUT2D eigenvalue weighted by Gasteiger charge is -2.14. The smallest absolute Gasteiger partial charge is 0.247 e. The van der Waals surface area contributed by atoms with Gasteiger partial charge in [-0.1, -0.05) is 37.2 Å². The van der Waals surface area contributed by atoms with Crippen LogP contribution in [0.15, 0.2) is 55.5 Å². The van der Waals surface area contributed by atoms with Crippen molar-refractivity contribution in [2.45, 2.75) is 25.7 Å². The van der Waals surface area contributed by atoms with Crippen molar-refractivity contribution in [3.8, 4) is 0 Å². The summed E-state index contributed by atoms with van der Waals surface area (Å²) < 4.78 is 1.76. The van der Waals surface area contributed by atoms with Crippen LogP contribution in [-0.2, 0) is 24.7 Å². The molecule has 0 spiro atoms. The summed E-state index contributed by atoms with van der Waals surface area (Å²) in [5.41, 5.74) is 3.68. The van der Waals surface area contributed by atoms with Crippen molar-refractivity contribution in [1.82, 2.24) is 19.7 Å². The Kier molecular flexibility index (Phi) is 6.21. The molecular formula is C21H22ClN5O. The summed E-state index contributed by atoms with van der Waals surface area (Å²) >= 11 is 6.34. The van der Waals surface area contributed by atoms with E-state index >= 15 is 0 Å². The van der Waals surface area contributed by atoms with Gasteiger partial charge in [-0.05, 0) is 41.7 Å². The Bertz CT molecular complexity index is 998. The van der Waals surface area contributed by atoms with Gasteiger partial charge < -0.3 is 5.32 Å². The van der Waals surface area contributed by atoms with Gasteiger partial charge >= 0.3 is 0 Å². The molecule has 0 bridgehead atoms. The number of hydrogen-bond acceptors (Lipinski definition) is 4. The molecule has 0 radical (unpaired) electrons. The summed E-state index contributed by atoms with van der Waals surface area (Å²) in [5, 5.41) is 7.51. The highest BCUT2D eigenvalue weighted by molar-refractivity contribution is 6.31. The number of amides is 1. The van der Waals surface area contributed by atoms with Gasteiger partial charge in [0.1, 0.15) is 5.82 Å². The van der Waals surface area contributed by atoms with E-state index in [2.05, 4.69) is 33.9 Å². The number of anilines is 1. The summed E-state index contributed by atoms with van der Waals surface area (Å²) in [6.45, 7) is 5.58. The van der Waals surface area contributed by atoms with E-state index in [0.29, 0.717) is 23.7 Å². The molecule has 1 unspecified atom stereocenters. The SMILES string of the molecule is C=CC(=O)Nc1cccc(C(C)Cc2nc(Cc3cnn(C)c3)ncc2Cl)c1. The van der Waals surface area contributed by atoms with Crippen molar-refractivity contribution in [2.24, 2.45) is 7.05 Å². The number of nitrogens with one attached hydrogen (secondary N) is 1.